The molecule has 0 radical (unpaired) electrons. The average molecular weight is 385 g/mol. The summed E-state index contributed by atoms with van der Waals surface area (Å²) in [4.78, 5) is 1.26. The van der Waals surface area contributed by atoms with Crippen LogP contribution in [0.2, 0.25) is 0 Å². The highest BCUT2D eigenvalue weighted by Crippen LogP contribution is 2.31. The van der Waals surface area contributed by atoms with Crippen molar-refractivity contribution in [1.29, 1.82) is 0 Å². The number of rotatable bonds is 8. The summed E-state index contributed by atoms with van der Waals surface area (Å²) in [5.41, 5.74) is 0. The first-order valence-electron chi connectivity index (χ1n) is 6.29. The van der Waals surface area contributed by atoms with E-state index in [9.17, 15) is 8.42 Å². The summed E-state index contributed by atoms with van der Waals surface area (Å²) in [6.45, 7) is 6.86. The Morgan fingerprint density at radius 1 is 1.40 bits per heavy atom. The molecule has 0 spiro atoms. The molecule has 1 rings (SSSR count). The van der Waals surface area contributed by atoms with Gasteiger partial charge in [-0.05, 0) is 28.9 Å². The van der Waals surface area contributed by atoms with Crippen molar-refractivity contribution in [1.82, 2.24) is 10.0 Å². The van der Waals surface area contributed by atoms with Crippen LogP contribution in [0.4, 0.5) is 0 Å². The van der Waals surface area contributed by atoms with E-state index in [1.807, 2.05) is 13.8 Å². The van der Waals surface area contributed by atoms with Crippen LogP contribution < -0.4 is 10.0 Å². The number of ether oxygens (including phenoxy) is 1. The highest BCUT2D eigenvalue weighted by atomic mass is 79.9. The third-order valence-electron chi connectivity index (χ3n) is 2.45. The van der Waals surface area contributed by atoms with Crippen molar-refractivity contribution < 1.29 is 13.2 Å². The van der Waals surface area contributed by atoms with Crippen LogP contribution in [0.3, 0.4) is 0 Å². The van der Waals surface area contributed by atoms with E-state index in [1.54, 1.807) is 20.1 Å². The van der Waals surface area contributed by atoms with E-state index < -0.39 is 10.0 Å². The lowest BCUT2D eigenvalue weighted by molar-refractivity contribution is 0.180. The van der Waals surface area contributed by atoms with Crippen LogP contribution in [0.1, 0.15) is 25.6 Å². The van der Waals surface area contributed by atoms with Gasteiger partial charge in [0, 0.05) is 30.6 Å². The Balaban J connectivity index is 2.84. The third-order valence-corrected chi connectivity index (χ3v) is 6.30. The van der Waals surface area contributed by atoms with Gasteiger partial charge in [0.15, 0.2) is 0 Å². The molecule has 0 bridgehead atoms. The Hall–Kier alpha value is 0.01000. The number of nitrogens with one attached hydrogen (secondary N) is 2. The van der Waals surface area contributed by atoms with Crippen molar-refractivity contribution in [3.63, 3.8) is 0 Å². The summed E-state index contributed by atoms with van der Waals surface area (Å²) in [5, 5.41) is 3.27. The van der Waals surface area contributed by atoms with Crippen molar-refractivity contribution >= 4 is 37.3 Å². The van der Waals surface area contributed by atoms with E-state index in [2.05, 4.69) is 26.0 Å². The minimum Gasteiger partial charge on any atom is -0.383 e. The predicted octanol–water partition coefficient (Wildman–Crippen LogP) is 2.32. The van der Waals surface area contributed by atoms with Gasteiger partial charge < -0.3 is 10.1 Å². The second kappa shape index (κ2) is 7.86. The maximum absolute atomic E-state index is 12.3. The second-order valence-electron chi connectivity index (χ2n) is 4.86. The molecule has 1 unspecified atom stereocenters. The van der Waals surface area contributed by atoms with Crippen LogP contribution in [0.25, 0.3) is 0 Å². The predicted molar refractivity (Wildman–Crippen MR) is 85.7 cm³/mol. The molecule has 1 aromatic heterocycles. The van der Waals surface area contributed by atoms with Gasteiger partial charge in [-0.25, -0.2) is 13.1 Å². The van der Waals surface area contributed by atoms with Crippen molar-refractivity contribution in [2.24, 2.45) is 0 Å². The molecule has 1 atom stereocenters. The van der Waals surface area contributed by atoms with Crippen LogP contribution in [-0.2, 0) is 21.3 Å². The fraction of sp³-hybridized carbons (Fsp3) is 0.667. The number of hydrogen-bond donors (Lipinski definition) is 2. The number of sulfonamides is 1. The fourth-order valence-corrected chi connectivity index (χ4v) is 5.45. The van der Waals surface area contributed by atoms with Gasteiger partial charge in [-0.1, -0.05) is 13.8 Å². The molecule has 0 fully saturated rings. The molecule has 0 saturated heterocycles. The van der Waals surface area contributed by atoms with Gasteiger partial charge in [-0.2, -0.15) is 0 Å². The molecule has 0 saturated carbocycles. The van der Waals surface area contributed by atoms with Crippen molar-refractivity contribution in [2.45, 2.75) is 44.3 Å². The molecule has 0 aromatic carbocycles. The van der Waals surface area contributed by atoms with Gasteiger partial charge in [-0.3, -0.25) is 0 Å². The highest BCUT2D eigenvalue weighted by molar-refractivity contribution is 9.11. The number of halogens is 1. The summed E-state index contributed by atoms with van der Waals surface area (Å²) < 4.78 is 32.7. The molecule has 20 heavy (non-hydrogen) atoms. The minimum atomic E-state index is -3.52. The normalized spacial score (nSPS) is 13.9. The number of thiophene rings is 1. The van der Waals surface area contributed by atoms with Gasteiger partial charge in [0.1, 0.15) is 4.90 Å². The van der Waals surface area contributed by atoms with E-state index in [4.69, 9.17) is 4.74 Å². The maximum atomic E-state index is 12.3. The third kappa shape index (κ3) is 5.42. The lowest BCUT2D eigenvalue weighted by Gasteiger charge is -2.12. The number of methoxy groups -OCH3 is 1. The molecule has 2 N–H and O–H groups in total. The van der Waals surface area contributed by atoms with Gasteiger partial charge in [-0.15, -0.1) is 11.3 Å². The standard InChI is InChI=1S/C12H21BrN2O3S2/c1-8(2)14-6-10-5-11(12(13)19-10)20(16,17)15-9(3)7-18-4/h5,8-9,14-15H,6-7H2,1-4H3. The van der Waals surface area contributed by atoms with E-state index in [0.29, 0.717) is 23.0 Å². The molecule has 1 heterocycles. The van der Waals surface area contributed by atoms with Crippen molar-refractivity contribution in [3.8, 4) is 0 Å². The monoisotopic (exact) mass is 384 g/mol. The van der Waals surface area contributed by atoms with Crippen LogP contribution in [0.15, 0.2) is 14.7 Å². The summed E-state index contributed by atoms with van der Waals surface area (Å²) >= 11 is 4.76. The second-order valence-corrected chi connectivity index (χ2v) is 9.00. The fourth-order valence-electron chi connectivity index (χ4n) is 1.59. The topological polar surface area (TPSA) is 67.4 Å². The first-order valence-corrected chi connectivity index (χ1v) is 9.38. The Labute approximate surface area is 133 Å². The number of hydrogen-bond acceptors (Lipinski definition) is 5. The largest absolute Gasteiger partial charge is 0.383 e. The molecular formula is C12H21BrN2O3S2. The van der Waals surface area contributed by atoms with E-state index in [0.717, 1.165) is 4.88 Å². The maximum Gasteiger partial charge on any atom is 0.242 e. The first-order chi connectivity index (χ1) is 9.26. The Kier molecular flexibility index (Phi) is 7.10. The Morgan fingerprint density at radius 3 is 2.60 bits per heavy atom. The molecule has 5 nitrogen and oxygen atoms in total. The molecule has 116 valence electrons. The quantitative estimate of drug-likeness (QED) is 0.721. The average Bonchev–Trinajstić information content (AvgIpc) is 2.68. The van der Waals surface area contributed by atoms with Gasteiger partial charge in [0.25, 0.3) is 0 Å². The van der Waals surface area contributed by atoms with E-state index >= 15 is 0 Å². The van der Waals surface area contributed by atoms with Crippen LogP contribution in [0, 0.1) is 0 Å². The van der Waals surface area contributed by atoms with Crippen LogP contribution in [-0.4, -0.2) is 34.2 Å². The zero-order valence-corrected chi connectivity index (χ0v) is 15.3. The molecule has 8 heteroatoms. The smallest absolute Gasteiger partial charge is 0.242 e. The lowest BCUT2D eigenvalue weighted by atomic mass is 10.4. The van der Waals surface area contributed by atoms with Gasteiger partial charge in [0.05, 0.1) is 10.4 Å². The van der Waals surface area contributed by atoms with Crippen LogP contribution >= 0.6 is 27.3 Å². The molecule has 0 aliphatic heterocycles. The molecular weight excluding hydrogens is 364 g/mol. The molecule has 0 aliphatic rings. The first kappa shape index (κ1) is 18.1. The minimum absolute atomic E-state index is 0.269. The highest BCUT2D eigenvalue weighted by Gasteiger charge is 2.22. The molecule has 0 amide bonds. The van der Waals surface area contributed by atoms with Crippen molar-refractivity contribution in [2.75, 3.05) is 13.7 Å². The lowest BCUT2D eigenvalue weighted by Crippen LogP contribution is -2.35. The molecule has 0 aliphatic carbocycles. The zero-order valence-electron chi connectivity index (χ0n) is 12.1. The summed E-state index contributed by atoms with van der Waals surface area (Å²) in [5.74, 6) is 0. The van der Waals surface area contributed by atoms with E-state index in [1.165, 1.54) is 11.3 Å². The zero-order chi connectivity index (χ0) is 15.3. The Bertz CT molecular complexity index is 529. The Morgan fingerprint density at radius 2 is 2.05 bits per heavy atom. The van der Waals surface area contributed by atoms with Crippen molar-refractivity contribution in [3.05, 3.63) is 14.7 Å². The summed E-state index contributed by atoms with van der Waals surface area (Å²) in [6.07, 6.45) is 0. The molecule has 1 aromatic rings. The van der Waals surface area contributed by atoms with Gasteiger partial charge in [0.2, 0.25) is 10.0 Å². The van der Waals surface area contributed by atoms with E-state index in [-0.39, 0.29) is 10.9 Å². The SMILES string of the molecule is COCC(C)NS(=O)(=O)c1cc(CNC(C)C)sc1Br. The summed E-state index contributed by atoms with van der Waals surface area (Å²) in [7, 11) is -1.98. The van der Waals surface area contributed by atoms with Crippen LogP contribution in [0.5, 0.6) is 0 Å². The summed E-state index contributed by atoms with van der Waals surface area (Å²) in [6, 6.07) is 1.79. The van der Waals surface area contributed by atoms with Gasteiger partial charge >= 0.3 is 0 Å².